The molecule has 0 saturated carbocycles. The van der Waals surface area contributed by atoms with Crippen molar-refractivity contribution in [2.75, 3.05) is 0 Å². The Morgan fingerprint density at radius 2 is 2.35 bits per heavy atom. The molecular formula is C11H12N4O2. The van der Waals surface area contributed by atoms with E-state index in [9.17, 15) is 9.90 Å². The number of aryl methyl sites for hydroxylation is 1. The summed E-state index contributed by atoms with van der Waals surface area (Å²) in [5.41, 5.74) is 1.14. The molecule has 0 bridgehead atoms. The first-order valence-electron chi connectivity index (χ1n) is 5.09. The Morgan fingerprint density at radius 1 is 1.53 bits per heavy atom. The van der Waals surface area contributed by atoms with E-state index in [0.717, 1.165) is 5.56 Å². The van der Waals surface area contributed by atoms with E-state index in [1.54, 1.807) is 19.1 Å². The first kappa shape index (κ1) is 11.1. The number of nitrogens with zero attached hydrogens (tertiary/aromatic N) is 2. The number of phenolic OH excluding ortho intramolecular Hbond substituents is 1. The number of carbonyl (C=O) groups is 1. The summed E-state index contributed by atoms with van der Waals surface area (Å²) >= 11 is 0. The van der Waals surface area contributed by atoms with Crippen LogP contribution in [0, 0.1) is 6.92 Å². The van der Waals surface area contributed by atoms with Crippen molar-refractivity contribution < 1.29 is 9.90 Å². The van der Waals surface area contributed by atoms with E-state index in [1.165, 1.54) is 12.4 Å². The van der Waals surface area contributed by atoms with Gasteiger partial charge in [0.1, 0.15) is 17.9 Å². The van der Waals surface area contributed by atoms with Gasteiger partial charge in [-0.3, -0.25) is 9.89 Å². The minimum Gasteiger partial charge on any atom is -0.508 e. The van der Waals surface area contributed by atoms with Gasteiger partial charge in [0.25, 0.3) is 5.91 Å². The van der Waals surface area contributed by atoms with Gasteiger partial charge in [-0.2, -0.15) is 5.10 Å². The van der Waals surface area contributed by atoms with E-state index >= 15 is 0 Å². The van der Waals surface area contributed by atoms with E-state index in [0.29, 0.717) is 11.4 Å². The second-order valence-electron chi connectivity index (χ2n) is 3.62. The van der Waals surface area contributed by atoms with Crippen LogP contribution in [0.5, 0.6) is 5.75 Å². The largest absolute Gasteiger partial charge is 0.508 e. The first-order valence-corrected chi connectivity index (χ1v) is 5.09. The Labute approximate surface area is 97.7 Å². The second kappa shape index (κ2) is 4.65. The van der Waals surface area contributed by atoms with E-state index < -0.39 is 0 Å². The lowest BCUT2D eigenvalue weighted by atomic mass is 10.1. The van der Waals surface area contributed by atoms with Crippen molar-refractivity contribution in [2.24, 2.45) is 0 Å². The molecule has 1 aromatic carbocycles. The van der Waals surface area contributed by atoms with Crippen molar-refractivity contribution in [3.05, 3.63) is 41.5 Å². The molecule has 2 rings (SSSR count). The summed E-state index contributed by atoms with van der Waals surface area (Å²) in [7, 11) is 0. The van der Waals surface area contributed by atoms with Crippen LogP contribution in [-0.2, 0) is 6.54 Å². The quantitative estimate of drug-likeness (QED) is 0.728. The fraction of sp³-hybridized carbons (Fsp3) is 0.182. The Morgan fingerprint density at radius 3 is 3.00 bits per heavy atom. The second-order valence-corrected chi connectivity index (χ2v) is 3.62. The zero-order valence-electron chi connectivity index (χ0n) is 9.27. The van der Waals surface area contributed by atoms with E-state index in [2.05, 4.69) is 20.5 Å². The smallest absolute Gasteiger partial charge is 0.251 e. The van der Waals surface area contributed by atoms with Crippen molar-refractivity contribution in [2.45, 2.75) is 13.5 Å². The molecule has 0 aliphatic rings. The van der Waals surface area contributed by atoms with Crippen molar-refractivity contribution in [1.29, 1.82) is 0 Å². The van der Waals surface area contributed by atoms with Gasteiger partial charge in [-0.15, -0.1) is 0 Å². The lowest BCUT2D eigenvalue weighted by Crippen LogP contribution is -2.23. The predicted molar refractivity (Wildman–Crippen MR) is 60.4 cm³/mol. The highest BCUT2D eigenvalue weighted by Crippen LogP contribution is 2.17. The Bertz CT molecular complexity index is 522. The number of phenols is 1. The van der Waals surface area contributed by atoms with Gasteiger partial charge in [-0.05, 0) is 24.6 Å². The molecule has 0 aliphatic carbocycles. The van der Waals surface area contributed by atoms with Crippen molar-refractivity contribution in [3.63, 3.8) is 0 Å². The average Bonchev–Trinajstić information content (AvgIpc) is 2.82. The standard InChI is InChI=1S/C11H12N4O2/c1-7-2-3-8(4-9(7)16)11(17)12-5-10-13-6-14-15-10/h2-4,6,16H,5H2,1H3,(H,12,17)(H,13,14,15). The SMILES string of the molecule is Cc1ccc(C(=O)NCc2ncn[nH]2)cc1O. The highest BCUT2D eigenvalue weighted by Gasteiger charge is 2.07. The molecular weight excluding hydrogens is 220 g/mol. The molecule has 17 heavy (non-hydrogen) atoms. The van der Waals surface area contributed by atoms with Crippen LogP contribution in [0.2, 0.25) is 0 Å². The summed E-state index contributed by atoms with van der Waals surface area (Å²) in [6.45, 7) is 2.04. The zero-order chi connectivity index (χ0) is 12.3. The molecule has 88 valence electrons. The number of carbonyl (C=O) groups excluding carboxylic acids is 1. The van der Waals surface area contributed by atoms with E-state index in [4.69, 9.17) is 0 Å². The molecule has 6 nitrogen and oxygen atoms in total. The van der Waals surface area contributed by atoms with Gasteiger partial charge in [0, 0.05) is 5.56 Å². The van der Waals surface area contributed by atoms with Gasteiger partial charge >= 0.3 is 0 Å². The Hall–Kier alpha value is -2.37. The third-order valence-corrected chi connectivity index (χ3v) is 2.35. The summed E-state index contributed by atoms with van der Waals surface area (Å²) in [6, 6.07) is 4.79. The van der Waals surface area contributed by atoms with Crippen LogP contribution in [0.3, 0.4) is 0 Å². The number of hydrogen-bond acceptors (Lipinski definition) is 4. The normalized spacial score (nSPS) is 10.2. The van der Waals surface area contributed by atoms with Crippen LogP contribution in [0.1, 0.15) is 21.7 Å². The molecule has 1 amide bonds. The van der Waals surface area contributed by atoms with Gasteiger partial charge in [-0.25, -0.2) is 4.98 Å². The molecule has 6 heteroatoms. The lowest BCUT2D eigenvalue weighted by molar-refractivity contribution is 0.0949. The van der Waals surface area contributed by atoms with Crippen LogP contribution >= 0.6 is 0 Å². The maximum Gasteiger partial charge on any atom is 0.251 e. The monoisotopic (exact) mass is 232 g/mol. The third-order valence-electron chi connectivity index (χ3n) is 2.35. The molecule has 0 unspecified atom stereocenters. The Kier molecular flexibility index (Phi) is 3.04. The van der Waals surface area contributed by atoms with Gasteiger partial charge in [0.15, 0.2) is 0 Å². The number of rotatable bonds is 3. The molecule has 0 fully saturated rings. The topological polar surface area (TPSA) is 90.9 Å². The van der Waals surface area contributed by atoms with Crippen LogP contribution in [0.4, 0.5) is 0 Å². The van der Waals surface area contributed by atoms with Crippen molar-refractivity contribution in [3.8, 4) is 5.75 Å². The van der Waals surface area contributed by atoms with Gasteiger partial charge in [-0.1, -0.05) is 6.07 Å². The minimum atomic E-state index is -0.267. The van der Waals surface area contributed by atoms with Gasteiger partial charge < -0.3 is 10.4 Å². The molecule has 3 N–H and O–H groups in total. The fourth-order valence-electron chi connectivity index (χ4n) is 1.33. The predicted octanol–water partition coefficient (Wildman–Crippen LogP) is 0.749. The molecule has 1 aromatic heterocycles. The maximum atomic E-state index is 11.7. The highest BCUT2D eigenvalue weighted by molar-refractivity contribution is 5.94. The van der Waals surface area contributed by atoms with E-state index in [1.807, 2.05) is 0 Å². The van der Waals surface area contributed by atoms with Gasteiger partial charge in [0.2, 0.25) is 0 Å². The molecule has 0 radical (unpaired) electrons. The summed E-state index contributed by atoms with van der Waals surface area (Å²) in [4.78, 5) is 15.6. The number of nitrogens with one attached hydrogen (secondary N) is 2. The number of H-pyrrole nitrogens is 1. The fourth-order valence-corrected chi connectivity index (χ4v) is 1.33. The number of aromatic hydroxyl groups is 1. The summed E-state index contributed by atoms with van der Waals surface area (Å²) in [5.74, 6) is 0.420. The van der Waals surface area contributed by atoms with Gasteiger partial charge in [0.05, 0.1) is 6.54 Å². The molecule has 0 spiro atoms. The minimum absolute atomic E-state index is 0.109. The summed E-state index contributed by atoms with van der Waals surface area (Å²) in [6.07, 6.45) is 1.37. The van der Waals surface area contributed by atoms with Crippen molar-refractivity contribution >= 4 is 5.91 Å². The molecule has 0 saturated heterocycles. The maximum absolute atomic E-state index is 11.7. The number of hydrogen-bond donors (Lipinski definition) is 3. The molecule has 1 heterocycles. The molecule has 0 aliphatic heterocycles. The lowest BCUT2D eigenvalue weighted by Gasteiger charge is -2.05. The summed E-state index contributed by atoms with van der Waals surface area (Å²) < 4.78 is 0. The zero-order valence-corrected chi connectivity index (χ0v) is 9.27. The molecule has 2 aromatic rings. The van der Waals surface area contributed by atoms with Crippen LogP contribution in [-0.4, -0.2) is 26.2 Å². The number of amides is 1. The van der Waals surface area contributed by atoms with Crippen molar-refractivity contribution in [1.82, 2.24) is 20.5 Å². The molecule has 0 atom stereocenters. The average molecular weight is 232 g/mol. The first-order chi connectivity index (χ1) is 8.16. The van der Waals surface area contributed by atoms with E-state index in [-0.39, 0.29) is 18.2 Å². The van der Waals surface area contributed by atoms with Crippen LogP contribution < -0.4 is 5.32 Å². The third kappa shape index (κ3) is 2.60. The number of aromatic amines is 1. The Balaban J connectivity index is 2.02. The number of aromatic nitrogens is 3. The summed E-state index contributed by atoms with van der Waals surface area (Å²) in [5, 5.41) is 18.5. The highest BCUT2D eigenvalue weighted by atomic mass is 16.3. The van der Waals surface area contributed by atoms with Crippen LogP contribution in [0.15, 0.2) is 24.5 Å². The van der Waals surface area contributed by atoms with Crippen LogP contribution in [0.25, 0.3) is 0 Å². The number of benzene rings is 1.